The second-order valence-corrected chi connectivity index (χ2v) is 4.85. The molecule has 0 fully saturated rings. The summed E-state index contributed by atoms with van der Waals surface area (Å²) in [6.45, 7) is 6.58. The standard InChI is InChI=1S/C13H21FN2O/c1-9(2)4-13(17)8-16-10(3)11-5-12(14)7-15-6-11/h5-7,9-10,13,16-17H,4,8H2,1-3H3. The van der Waals surface area contributed by atoms with E-state index in [-0.39, 0.29) is 18.0 Å². The molecule has 96 valence electrons. The first-order chi connectivity index (χ1) is 7.99. The Morgan fingerprint density at radius 3 is 2.65 bits per heavy atom. The molecular formula is C13H21FN2O. The van der Waals surface area contributed by atoms with Gasteiger partial charge in [0.2, 0.25) is 0 Å². The molecule has 1 rings (SSSR count). The summed E-state index contributed by atoms with van der Waals surface area (Å²) < 4.78 is 13.0. The Bertz CT molecular complexity index is 344. The Hall–Kier alpha value is -1.00. The lowest BCUT2D eigenvalue weighted by Crippen LogP contribution is -2.30. The highest BCUT2D eigenvalue weighted by atomic mass is 19.1. The fourth-order valence-corrected chi connectivity index (χ4v) is 1.72. The molecule has 0 aromatic carbocycles. The molecule has 0 bridgehead atoms. The molecule has 0 saturated heterocycles. The van der Waals surface area contributed by atoms with Crippen LogP contribution in [0.4, 0.5) is 4.39 Å². The number of pyridine rings is 1. The SMILES string of the molecule is CC(C)CC(O)CNC(C)c1cncc(F)c1. The van der Waals surface area contributed by atoms with E-state index in [9.17, 15) is 9.50 Å². The molecule has 2 unspecified atom stereocenters. The fraction of sp³-hybridized carbons (Fsp3) is 0.615. The van der Waals surface area contributed by atoms with E-state index in [1.54, 1.807) is 6.20 Å². The lowest BCUT2D eigenvalue weighted by Gasteiger charge is -2.18. The van der Waals surface area contributed by atoms with Crippen LogP contribution in [0.2, 0.25) is 0 Å². The van der Waals surface area contributed by atoms with Gasteiger partial charge in [-0.25, -0.2) is 4.39 Å². The van der Waals surface area contributed by atoms with Crippen LogP contribution in [0.3, 0.4) is 0 Å². The van der Waals surface area contributed by atoms with Crippen molar-refractivity contribution in [2.75, 3.05) is 6.54 Å². The quantitative estimate of drug-likeness (QED) is 0.802. The third-order valence-electron chi connectivity index (χ3n) is 2.63. The number of halogens is 1. The highest BCUT2D eigenvalue weighted by Crippen LogP contribution is 2.12. The average Bonchev–Trinajstić information content (AvgIpc) is 2.25. The summed E-state index contributed by atoms with van der Waals surface area (Å²) in [5.41, 5.74) is 0.793. The Kier molecular flexibility index (Phi) is 5.51. The first kappa shape index (κ1) is 14.1. The Morgan fingerprint density at radius 2 is 2.06 bits per heavy atom. The smallest absolute Gasteiger partial charge is 0.141 e. The maximum atomic E-state index is 13.0. The van der Waals surface area contributed by atoms with E-state index in [4.69, 9.17) is 0 Å². The molecule has 0 spiro atoms. The van der Waals surface area contributed by atoms with Gasteiger partial charge in [0.25, 0.3) is 0 Å². The van der Waals surface area contributed by atoms with Crippen LogP contribution in [-0.2, 0) is 0 Å². The number of nitrogens with one attached hydrogen (secondary N) is 1. The number of nitrogens with zero attached hydrogens (tertiary/aromatic N) is 1. The molecule has 2 atom stereocenters. The van der Waals surface area contributed by atoms with Crippen LogP contribution in [0.25, 0.3) is 0 Å². The van der Waals surface area contributed by atoms with Gasteiger partial charge in [0.05, 0.1) is 12.3 Å². The third-order valence-corrected chi connectivity index (χ3v) is 2.63. The van der Waals surface area contributed by atoms with E-state index in [0.717, 1.165) is 12.0 Å². The first-order valence-electron chi connectivity index (χ1n) is 6.01. The van der Waals surface area contributed by atoms with Gasteiger partial charge in [0.1, 0.15) is 5.82 Å². The zero-order valence-electron chi connectivity index (χ0n) is 10.7. The third kappa shape index (κ3) is 5.24. The molecular weight excluding hydrogens is 219 g/mol. The maximum Gasteiger partial charge on any atom is 0.141 e. The molecule has 0 aliphatic heterocycles. The largest absolute Gasteiger partial charge is 0.392 e. The van der Waals surface area contributed by atoms with Crippen LogP contribution in [-0.4, -0.2) is 22.7 Å². The zero-order valence-corrected chi connectivity index (χ0v) is 10.7. The van der Waals surface area contributed by atoms with E-state index < -0.39 is 0 Å². The van der Waals surface area contributed by atoms with Crippen molar-refractivity contribution in [3.05, 3.63) is 29.8 Å². The van der Waals surface area contributed by atoms with Gasteiger partial charge >= 0.3 is 0 Å². The van der Waals surface area contributed by atoms with Crippen molar-refractivity contribution in [2.45, 2.75) is 39.3 Å². The molecule has 2 N–H and O–H groups in total. The Balaban J connectivity index is 2.42. The van der Waals surface area contributed by atoms with Crippen molar-refractivity contribution in [3.63, 3.8) is 0 Å². The monoisotopic (exact) mass is 240 g/mol. The molecule has 0 radical (unpaired) electrons. The van der Waals surface area contributed by atoms with Gasteiger partial charge in [0, 0.05) is 18.8 Å². The van der Waals surface area contributed by atoms with Gasteiger partial charge in [-0.1, -0.05) is 13.8 Å². The summed E-state index contributed by atoms with van der Waals surface area (Å²) in [4.78, 5) is 3.80. The van der Waals surface area contributed by atoms with Gasteiger partial charge in [-0.15, -0.1) is 0 Å². The summed E-state index contributed by atoms with van der Waals surface area (Å²) in [7, 11) is 0. The molecule has 1 aromatic rings. The van der Waals surface area contributed by atoms with E-state index in [1.165, 1.54) is 12.3 Å². The topological polar surface area (TPSA) is 45.1 Å². The second-order valence-electron chi connectivity index (χ2n) is 4.85. The minimum absolute atomic E-state index is 0.0139. The Morgan fingerprint density at radius 1 is 1.35 bits per heavy atom. The normalized spacial score (nSPS) is 14.9. The molecule has 1 heterocycles. The summed E-state index contributed by atoms with van der Waals surface area (Å²) in [5, 5.41) is 12.9. The number of hydrogen-bond donors (Lipinski definition) is 2. The molecule has 0 aliphatic rings. The number of rotatable bonds is 6. The van der Waals surface area contributed by atoms with Crippen molar-refractivity contribution in [3.8, 4) is 0 Å². The van der Waals surface area contributed by atoms with Crippen LogP contribution in [0.15, 0.2) is 18.5 Å². The summed E-state index contributed by atoms with van der Waals surface area (Å²) in [6.07, 6.45) is 3.22. The van der Waals surface area contributed by atoms with Gasteiger partial charge in [-0.05, 0) is 30.9 Å². The number of hydrogen-bond acceptors (Lipinski definition) is 3. The van der Waals surface area contributed by atoms with E-state index >= 15 is 0 Å². The predicted molar refractivity (Wildman–Crippen MR) is 66.1 cm³/mol. The van der Waals surface area contributed by atoms with Crippen molar-refractivity contribution in [2.24, 2.45) is 5.92 Å². The molecule has 3 nitrogen and oxygen atoms in total. The molecule has 0 amide bonds. The van der Waals surface area contributed by atoms with E-state index in [0.29, 0.717) is 12.5 Å². The van der Waals surface area contributed by atoms with Crippen LogP contribution in [0.1, 0.15) is 38.8 Å². The number of aromatic nitrogens is 1. The Labute approximate surface area is 102 Å². The van der Waals surface area contributed by atoms with Gasteiger partial charge < -0.3 is 10.4 Å². The fourth-order valence-electron chi connectivity index (χ4n) is 1.72. The minimum atomic E-state index is -0.362. The van der Waals surface area contributed by atoms with E-state index in [2.05, 4.69) is 24.1 Å². The van der Waals surface area contributed by atoms with Crippen LogP contribution >= 0.6 is 0 Å². The number of aliphatic hydroxyl groups is 1. The predicted octanol–water partition coefficient (Wildman–Crippen LogP) is 2.28. The molecule has 0 aliphatic carbocycles. The van der Waals surface area contributed by atoms with Crippen molar-refractivity contribution >= 4 is 0 Å². The minimum Gasteiger partial charge on any atom is -0.392 e. The summed E-state index contributed by atoms with van der Waals surface area (Å²) in [5.74, 6) is 0.136. The lowest BCUT2D eigenvalue weighted by atomic mass is 10.1. The summed E-state index contributed by atoms with van der Waals surface area (Å²) in [6, 6.07) is 1.44. The van der Waals surface area contributed by atoms with Gasteiger partial charge in [-0.3, -0.25) is 4.98 Å². The molecule has 4 heteroatoms. The van der Waals surface area contributed by atoms with Gasteiger partial charge in [-0.2, -0.15) is 0 Å². The highest BCUT2D eigenvalue weighted by Gasteiger charge is 2.10. The van der Waals surface area contributed by atoms with Crippen molar-refractivity contribution in [1.29, 1.82) is 0 Å². The zero-order chi connectivity index (χ0) is 12.8. The van der Waals surface area contributed by atoms with Crippen molar-refractivity contribution < 1.29 is 9.50 Å². The maximum absolute atomic E-state index is 13.0. The average molecular weight is 240 g/mol. The molecule has 0 saturated carbocycles. The van der Waals surface area contributed by atoms with E-state index in [1.807, 2.05) is 6.92 Å². The highest BCUT2D eigenvalue weighted by molar-refractivity contribution is 5.14. The van der Waals surface area contributed by atoms with Crippen LogP contribution in [0, 0.1) is 11.7 Å². The van der Waals surface area contributed by atoms with Crippen LogP contribution < -0.4 is 5.32 Å². The number of aliphatic hydroxyl groups excluding tert-OH is 1. The second kappa shape index (κ2) is 6.67. The lowest BCUT2D eigenvalue weighted by molar-refractivity contribution is 0.143. The summed E-state index contributed by atoms with van der Waals surface area (Å²) >= 11 is 0. The van der Waals surface area contributed by atoms with Crippen molar-refractivity contribution in [1.82, 2.24) is 10.3 Å². The first-order valence-corrected chi connectivity index (χ1v) is 6.01. The molecule has 17 heavy (non-hydrogen) atoms. The van der Waals surface area contributed by atoms with Crippen LogP contribution in [0.5, 0.6) is 0 Å². The molecule has 1 aromatic heterocycles. The van der Waals surface area contributed by atoms with Gasteiger partial charge in [0.15, 0.2) is 0 Å².